The summed E-state index contributed by atoms with van der Waals surface area (Å²) in [6.45, 7) is 0. The van der Waals surface area contributed by atoms with Gasteiger partial charge < -0.3 is 15.5 Å². The Morgan fingerprint density at radius 3 is 2.92 bits per heavy atom. The molecule has 0 saturated heterocycles. The number of nitrogens with one attached hydrogen (secondary N) is 1. The zero-order chi connectivity index (χ0) is 9.42. The topological polar surface area (TPSA) is 68.1 Å². The first-order valence-corrected chi connectivity index (χ1v) is 4.29. The van der Waals surface area contributed by atoms with Crippen LogP contribution in [0, 0.1) is 0 Å². The second-order valence-corrected chi connectivity index (χ2v) is 3.30. The number of nitrogens with two attached hydrogens (primary N) is 1. The molecule has 0 aromatic carbocycles. The number of methoxy groups -OCH3 is 1. The van der Waals surface area contributed by atoms with Gasteiger partial charge in [0.05, 0.1) is 12.8 Å². The molecule has 13 heavy (non-hydrogen) atoms. The van der Waals surface area contributed by atoms with Crippen LogP contribution in [-0.4, -0.2) is 18.1 Å². The monoisotopic (exact) mass is 180 g/mol. The lowest BCUT2D eigenvalue weighted by Gasteiger charge is -2.01. The van der Waals surface area contributed by atoms with E-state index in [1.165, 1.54) is 7.11 Å². The second kappa shape index (κ2) is 2.80. The van der Waals surface area contributed by atoms with Crippen LogP contribution in [0.5, 0.6) is 0 Å². The molecule has 0 unspecified atom stereocenters. The molecular formula is C9H12N2O2. The minimum absolute atomic E-state index is 0.347. The van der Waals surface area contributed by atoms with E-state index in [-0.39, 0.29) is 5.97 Å². The van der Waals surface area contributed by atoms with E-state index in [4.69, 9.17) is 5.73 Å². The lowest BCUT2D eigenvalue weighted by molar-refractivity contribution is 0.0601. The number of aromatic amines is 1. The molecule has 1 aromatic rings. The van der Waals surface area contributed by atoms with Crippen LogP contribution in [0.15, 0.2) is 6.20 Å². The number of carbonyl (C=O) groups excluding carboxylic acids is 1. The average Bonchev–Trinajstić information content (AvgIpc) is 2.89. The van der Waals surface area contributed by atoms with E-state index < -0.39 is 0 Å². The van der Waals surface area contributed by atoms with Crippen molar-refractivity contribution >= 4 is 11.7 Å². The molecular weight excluding hydrogens is 168 g/mol. The van der Waals surface area contributed by atoms with Crippen LogP contribution >= 0.6 is 0 Å². The maximum atomic E-state index is 11.3. The minimum Gasteiger partial charge on any atom is -0.465 e. The van der Waals surface area contributed by atoms with E-state index in [9.17, 15) is 4.79 Å². The van der Waals surface area contributed by atoms with Gasteiger partial charge in [0.1, 0.15) is 5.56 Å². The average molecular weight is 180 g/mol. The van der Waals surface area contributed by atoms with Crippen molar-refractivity contribution in [2.24, 2.45) is 0 Å². The molecule has 0 spiro atoms. The quantitative estimate of drug-likeness (QED) is 0.673. The molecule has 4 heteroatoms. The highest BCUT2D eigenvalue weighted by molar-refractivity contribution is 5.96. The van der Waals surface area contributed by atoms with Gasteiger partial charge in [0, 0.05) is 11.9 Å². The van der Waals surface area contributed by atoms with Crippen molar-refractivity contribution in [1.82, 2.24) is 4.98 Å². The number of hydrogen-bond donors (Lipinski definition) is 2. The van der Waals surface area contributed by atoms with Crippen molar-refractivity contribution in [3.05, 3.63) is 17.5 Å². The Labute approximate surface area is 76.1 Å². The van der Waals surface area contributed by atoms with Crippen molar-refractivity contribution in [3.8, 4) is 0 Å². The summed E-state index contributed by atoms with van der Waals surface area (Å²) in [4.78, 5) is 14.4. The summed E-state index contributed by atoms with van der Waals surface area (Å²) in [5.74, 6) is 0.132. The van der Waals surface area contributed by atoms with Gasteiger partial charge in [0.2, 0.25) is 0 Å². The second-order valence-electron chi connectivity index (χ2n) is 3.30. The molecule has 0 aliphatic heterocycles. The van der Waals surface area contributed by atoms with Crippen LogP contribution < -0.4 is 5.73 Å². The zero-order valence-electron chi connectivity index (χ0n) is 7.46. The summed E-state index contributed by atoms with van der Waals surface area (Å²) in [6, 6.07) is 0. The lowest BCUT2D eigenvalue weighted by atomic mass is 10.1. The molecule has 1 heterocycles. The van der Waals surface area contributed by atoms with Crippen molar-refractivity contribution in [2.75, 3.05) is 12.8 Å². The first-order chi connectivity index (χ1) is 6.24. The number of esters is 1. The van der Waals surface area contributed by atoms with E-state index in [1.54, 1.807) is 6.20 Å². The van der Waals surface area contributed by atoms with Crippen molar-refractivity contribution in [3.63, 3.8) is 0 Å². The fourth-order valence-electron chi connectivity index (χ4n) is 1.48. The number of hydrogen-bond acceptors (Lipinski definition) is 3. The van der Waals surface area contributed by atoms with E-state index >= 15 is 0 Å². The Bertz CT molecular complexity index is 339. The fraction of sp³-hybridized carbons (Fsp3) is 0.444. The number of anilines is 1. The molecule has 1 aliphatic rings. The van der Waals surface area contributed by atoms with Crippen LogP contribution in [0.2, 0.25) is 0 Å². The van der Waals surface area contributed by atoms with Crippen LogP contribution in [0.1, 0.15) is 34.8 Å². The molecule has 0 radical (unpaired) electrons. The normalized spacial score (nSPS) is 15.8. The Morgan fingerprint density at radius 1 is 1.69 bits per heavy atom. The standard InChI is InChI=1S/C9H12N2O2/c1-13-9(12)7-6(10)4-11-8(7)5-2-3-5/h4-5,11H,2-3,10H2,1H3. The summed E-state index contributed by atoms with van der Waals surface area (Å²) in [7, 11) is 1.37. The van der Waals surface area contributed by atoms with Gasteiger partial charge in [-0.25, -0.2) is 4.79 Å². The number of rotatable bonds is 2. The molecule has 2 rings (SSSR count). The smallest absolute Gasteiger partial charge is 0.341 e. The first kappa shape index (κ1) is 8.16. The largest absolute Gasteiger partial charge is 0.465 e. The molecule has 4 nitrogen and oxygen atoms in total. The van der Waals surface area contributed by atoms with E-state index in [1.807, 2.05) is 0 Å². The minimum atomic E-state index is -0.347. The third-order valence-corrected chi connectivity index (χ3v) is 2.32. The summed E-state index contributed by atoms with van der Waals surface area (Å²) >= 11 is 0. The molecule has 1 fully saturated rings. The van der Waals surface area contributed by atoms with E-state index in [0.717, 1.165) is 18.5 Å². The number of ether oxygens (including phenoxy) is 1. The van der Waals surface area contributed by atoms with Gasteiger partial charge in [0.15, 0.2) is 0 Å². The van der Waals surface area contributed by atoms with Gasteiger partial charge in [-0.1, -0.05) is 0 Å². The predicted octanol–water partition coefficient (Wildman–Crippen LogP) is 1.26. The lowest BCUT2D eigenvalue weighted by Crippen LogP contribution is -2.05. The molecule has 0 amide bonds. The van der Waals surface area contributed by atoms with Gasteiger partial charge in [-0.3, -0.25) is 0 Å². The molecule has 0 bridgehead atoms. The number of carbonyl (C=O) groups is 1. The maximum Gasteiger partial charge on any atom is 0.341 e. The van der Waals surface area contributed by atoms with Crippen molar-refractivity contribution in [1.29, 1.82) is 0 Å². The highest BCUT2D eigenvalue weighted by Crippen LogP contribution is 2.42. The number of aromatic nitrogens is 1. The molecule has 1 aromatic heterocycles. The molecule has 70 valence electrons. The SMILES string of the molecule is COC(=O)c1c(N)c[nH]c1C1CC1. The number of nitrogen functional groups attached to an aromatic ring is 1. The van der Waals surface area contributed by atoms with Crippen LogP contribution in [0.25, 0.3) is 0 Å². The Morgan fingerprint density at radius 2 is 2.38 bits per heavy atom. The molecule has 0 atom stereocenters. The third kappa shape index (κ3) is 1.28. The molecule has 3 N–H and O–H groups in total. The fourth-order valence-corrected chi connectivity index (χ4v) is 1.48. The van der Waals surface area contributed by atoms with E-state index in [0.29, 0.717) is 17.2 Å². The highest BCUT2D eigenvalue weighted by atomic mass is 16.5. The first-order valence-electron chi connectivity index (χ1n) is 4.29. The summed E-state index contributed by atoms with van der Waals surface area (Å²) < 4.78 is 4.66. The van der Waals surface area contributed by atoms with Gasteiger partial charge in [-0.15, -0.1) is 0 Å². The number of H-pyrrole nitrogens is 1. The van der Waals surface area contributed by atoms with Crippen LogP contribution in [0.4, 0.5) is 5.69 Å². The van der Waals surface area contributed by atoms with Crippen LogP contribution in [-0.2, 0) is 4.74 Å². The predicted molar refractivity (Wildman–Crippen MR) is 48.5 cm³/mol. The van der Waals surface area contributed by atoms with Crippen molar-refractivity contribution < 1.29 is 9.53 Å². The molecule has 1 saturated carbocycles. The highest BCUT2D eigenvalue weighted by Gasteiger charge is 2.31. The Hall–Kier alpha value is -1.45. The maximum absolute atomic E-state index is 11.3. The van der Waals surface area contributed by atoms with Gasteiger partial charge in [-0.2, -0.15) is 0 Å². The van der Waals surface area contributed by atoms with Gasteiger partial charge >= 0.3 is 5.97 Å². The van der Waals surface area contributed by atoms with Gasteiger partial charge in [0.25, 0.3) is 0 Å². The van der Waals surface area contributed by atoms with Gasteiger partial charge in [-0.05, 0) is 18.8 Å². The Kier molecular flexibility index (Phi) is 1.76. The Balaban J connectivity index is 2.39. The molecule has 1 aliphatic carbocycles. The summed E-state index contributed by atoms with van der Waals surface area (Å²) in [6.07, 6.45) is 3.91. The summed E-state index contributed by atoms with van der Waals surface area (Å²) in [5, 5.41) is 0. The zero-order valence-corrected chi connectivity index (χ0v) is 7.46. The third-order valence-electron chi connectivity index (χ3n) is 2.32. The van der Waals surface area contributed by atoms with Crippen molar-refractivity contribution in [2.45, 2.75) is 18.8 Å². The van der Waals surface area contributed by atoms with E-state index in [2.05, 4.69) is 9.72 Å². The van der Waals surface area contributed by atoms with Crippen LogP contribution in [0.3, 0.4) is 0 Å². The summed E-state index contributed by atoms with van der Waals surface area (Å²) in [5.41, 5.74) is 7.58.